The van der Waals surface area contributed by atoms with Crippen LogP contribution in [0, 0.1) is 46.3 Å². The van der Waals surface area contributed by atoms with Gasteiger partial charge in [-0.15, -0.1) is 0 Å². The Kier molecular flexibility index (Phi) is 17.0. The van der Waals surface area contributed by atoms with E-state index < -0.39 is 5.97 Å². The molecule has 0 bridgehead atoms. The van der Waals surface area contributed by atoms with E-state index in [0.717, 1.165) is 43.1 Å². The fourth-order valence-electron chi connectivity index (χ4n) is 12.4. The van der Waals surface area contributed by atoms with Gasteiger partial charge in [0.2, 0.25) is 0 Å². The average Bonchev–Trinajstić information content (AvgIpc) is 3.42. The number of aliphatic carboxylic acids is 1. The summed E-state index contributed by atoms with van der Waals surface area (Å²) in [5, 5.41) is 13.6. The van der Waals surface area contributed by atoms with Crippen molar-refractivity contribution in [1.29, 1.82) is 0 Å². The standard InChI is InChI=1S/C44H81NO2/c1-5-6-7-8-9-10-11-12-13-14-15-16-17-18-19-20-21-24-33-45-41(42(46)47)34-35(2)38-28-29-39-37-27-26-36-25-22-23-31-43(36,3)40(37)30-32-44(38,39)4/h35-41,45H,5-34H2,1-4H3,(H,46,47)/t35?,36?,37-,38+,39-,40-,41?,43-,44+/m0/s1. The van der Waals surface area contributed by atoms with Gasteiger partial charge in [0.1, 0.15) is 6.04 Å². The van der Waals surface area contributed by atoms with E-state index in [1.54, 1.807) is 0 Å². The highest BCUT2D eigenvalue weighted by Gasteiger charge is 2.60. The lowest BCUT2D eigenvalue weighted by Crippen LogP contribution is -2.53. The summed E-state index contributed by atoms with van der Waals surface area (Å²) in [4.78, 5) is 12.3. The molecule has 9 atom stereocenters. The van der Waals surface area contributed by atoms with Crippen LogP contribution in [0.2, 0.25) is 0 Å². The van der Waals surface area contributed by atoms with Crippen LogP contribution >= 0.6 is 0 Å². The fraction of sp³-hybridized carbons (Fsp3) is 0.977. The van der Waals surface area contributed by atoms with Crippen LogP contribution in [0.15, 0.2) is 0 Å². The molecule has 47 heavy (non-hydrogen) atoms. The molecule has 0 heterocycles. The molecule has 0 aromatic rings. The molecule has 0 aromatic carbocycles. The molecule has 4 aliphatic rings. The van der Waals surface area contributed by atoms with Crippen molar-refractivity contribution in [2.24, 2.45) is 46.3 Å². The number of hydrogen-bond acceptors (Lipinski definition) is 2. The number of fused-ring (bicyclic) bond motifs is 5. The molecular weight excluding hydrogens is 574 g/mol. The predicted molar refractivity (Wildman–Crippen MR) is 202 cm³/mol. The van der Waals surface area contributed by atoms with E-state index in [4.69, 9.17) is 0 Å². The van der Waals surface area contributed by atoms with Crippen LogP contribution in [-0.4, -0.2) is 23.7 Å². The molecule has 0 saturated heterocycles. The van der Waals surface area contributed by atoms with Crippen LogP contribution < -0.4 is 5.32 Å². The Bertz CT molecular complexity index is 873. The van der Waals surface area contributed by atoms with Crippen molar-refractivity contribution in [2.45, 2.75) is 220 Å². The van der Waals surface area contributed by atoms with Gasteiger partial charge in [-0.05, 0) is 117 Å². The summed E-state index contributed by atoms with van der Waals surface area (Å²) >= 11 is 0. The van der Waals surface area contributed by atoms with Gasteiger partial charge in [-0.3, -0.25) is 4.79 Å². The van der Waals surface area contributed by atoms with Gasteiger partial charge in [-0.25, -0.2) is 0 Å². The van der Waals surface area contributed by atoms with Crippen molar-refractivity contribution in [3.8, 4) is 0 Å². The maximum atomic E-state index is 12.3. The Morgan fingerprint density at radius 1 is 0.660 bits per heavy atom. The zero-order chi connectivity index (χ0) is 33.5. The van der Waals surface area contributed by atoms with E-state index in [9.17, 15) is 9.90 Å². The van der Waals surface area contributed by atoms with E-state index in [1.807, 2.05) is 0 Å². The Balaban J connectivity index is 1.04. The summed E-state index contributed by atoms with van der Waals surface area (Å²) in [6.45, 7) is 10.9. The zero-order valence-corrected chi connectivity index (χ0v) is 32.1. The molecule has 274 valence electrons. The lowest BCUT2D eigenvalue weighted by atomic mass is 9.44. The van der Waals surface area contributed by atoms with Crippen molar-refractivity contribution in [1.82, 2.24) is 5.32 Å². The van der Waals surface area contributed by atoms with Crippen LogP contribution in [0.5, 0.6) is 0 Å². The molecule has 4 saturated carbocycles. The van der Waals surface area contributed by atoms with E-state index >= 15 is 0 Å². The molecule has 4 aliphatic carbocycles. The van der Waals surface area contributed by atoms with Crippen LogP contribution in [0.25, 0.3) is 0 Å². The number of carbonyl (C=O) groups is 1. The molecule has 0 aromatic heterocycles. The lowest BCUT2D eigenvalue weighted by molar-refractivity contribution is -0.140. The first-order chi connectivity index (χ1) is 22.8. The Labute approximate surface area is 293 Å². The van der Waals surface area contributed by atoms with Gasteiger partial charge in [-0.1, -0.05) is 150 Å². The molecule has 3 heteroatoms. The third-order valence-corrected chi connectivity index (χ3v) is 15.2. The second-order valence-electron chi connectivity index (χ2n) is 18.2. The monoisotopic (exact) mass is 656 g/mol. The van der Waals surface area contributed by atoms with Crippen molar-refractivity contribution >= 4 is 5.97 Å². The number of unbranched alkanes of at least 4 members (excludes halogenated alkanes) is 17. The minimum Gasteiger partial charge on any atom is -0.480 e. The fourth-order valence-corrected chi connectivity index (χ4v) is 12.4. The largest absolute Gasteiger partial charge is 0.480 e. The van der Waals surface area contributed by atoms with E-state index in [2.05, 4.69) is 33.0 Å². The predicted octanol–water partition coefficient (Wildman–Crippen LogP) is 13.1. The van der Waals surface area contributed by atoms with Gasteiger partial charge < -0.3 is 10.4 Å². The number of rotatable bonds is 24. The van der Waals surface area contributed by atoms with Crippen LogP contribution in [0.1, 0.15) is 214 Å². The molecule has 0 amide bonds. The van der Waals surface area contributed by atoms with E-state index in [0.29, 0.717) is 22.7 Å². The molecule has 4 fully saturated rings. The van der Waals surface area contributed by atoms with Gasteiger partial charge in [-0.2, -0.15) is 0 Å². The normalized spacial score (nSPS) is 33.1. The minimum atomic E-state index is -0.633. The number of nitrogens with one attached hydrogen (secondary N) is 1. The number of hydrogen-bond donors (Lipinski definition) is 2. The molecule has 2 N–H and O–H groups in total. The second-order valence-corrected chi connectivity index (χ2v) is 18.2. The van der Waals surface area contributed by atoms with Crippen molar-refractivity contribution in [2.75, 3.05) is 6.54 Å². The van der Waals surface area contributed by atoms with Crippen LogP contribution in [0.3, 0.4) is 0 Å². The van der Waals surface area contributed by atoms with Gasteiger partial charge in [0.25, 0.3) is 0 Å². The van der Waals surface area contributed by atoms with Gasteiger partial charge in [0.15, 0.2) is 0 Å². The summed E-state index contributed by atoms with van der Waals surface area (Å²) in [7, 11) is 0. The third kappa shape index (κ3) is 11.0. The Morgan fingerprint density at radius 3 is 1.79 bits per heavy atom. The van der Waals surface area contributed by atoms with Gasteiger partial charge in [0, 0.05) is 0 Å². The van der Waals surface area contributed by atoms with E-state index in [-0.39, 0.29) is 6.04 Å². The lowest BCUT2D eigenvalue weighted by Gasteiger charge is -2.61. The zero-order valence-electron chi connectivity index (χ0n) is 32.1. The highest BCUT2D eigenvalue weighted by atomic mass is 16.4. The molecule has 3 nitrogen and oxygen atoms in total. The van der Waals surface area contributed by atoms with Crippen molar-refractivity contribution < 1.29 is 9.90 Å². The highest BCUT2D eigenvalue weighted by molar-refractivity contribution is 5.73. The quantitative estimate of drug-likeness (QED) is 0.102. The van der Waals surface area contributed by atoms with Crippen LogP contribution in [-0.2, 0) is 4.79 Å². The summed E-state index contributed by atoms with van der Waals surface area (Å²) in [5.41, 5.74) is 1.03. The molecule has 0 aliphatic heterocycles. The SMILES string of the molecule is CCCCCCCCCCCCCCCCCCCCNC(CC(C)[C@H]1CC[C@H]2[C@@H]3CCC4CCCC[C@]4(C)[C@H]3CC[C@]12C)C(=O)O. The number of carboxylic acids is 1. The molecular formula is C44H81NO2. The summed E-state index contributed by atoms with van der Waals surface area (Å²) in [6, 6.07) is -0.383. The minimum absolute atomic E-state index is 0.383. The van der Waals surface area contributed by atoms with E-state index in [1.165, 1.54) is 173 Å². The summed E-state index contributed by atoms with van der Waals surface area (Å²) in [5.74, 6) is 4.30. The average molecular weight is 656 g/mol. The number of carboxylic acid groups (broad SMARTS) is 1. The summed E-state index contributed by atoms with van der Waals surface area (Å²) in [6.07, 6.45) is 40.2. The second kappa shape index (κ2) is 20.3. The molecule has 0 radical (unpaired) electrons. The highest BCUT2D eigenvalue weighted by Crippen LogP contribution is 2.68. The van der Waals surface area contributed by atoms with Crippen molar-refractivity contribution in [3.63, 3.8) is 0 Å². The Morgan fingerprint density at radius 2 is 1.21 bits per heavy atom. The molecule has 4 rings (SSSR count). The maximum Gasteiger partial charge on any atom is 0.320 e. The summed E-state index contributed by atoms with van der Waals surface area (Å²) < 4.78 is 0. The molecule has 0 spiro atoms. The Hall–Kier alpha value is -0.570. The topological polar surface area (TPSA) is 49.3 Å². The van der Waals surface area contributed by atoms with Gasteiger partial charge in [0.05, 0.1) is 0 Å². The first kappa shape index (κ1) is 39.2. The first-order valence-corrected chi connectivity index (χ1v) is 21.8. The van der Waals surface area contributed by atoms with Gasteiger partial charge >= 0.3 is 5.97 Å². The smallest absolute Gasteiger partial charge is 0.320 e. The third-order valence-electron chi connectivity index (χ3n) is 15.2. The molecule has 3 unspecified atom stereocenters. The van der Waals surface area contributed by atoms with Crippen LogP contribution in [0.4, 0.5) is 0 Å². The maximum absolute atomic E-state index is 12.3. The first-order valence-electron chi connectivity index (χ1n) is 21.8. The van der Waals surface area contributed by atoms with Crippen molar-refractivity contribution in [3.05, 3.63) is 0 Å².